The number of hydrogen-bond acceptors (Lipinski definition) is 4. The van der Waals surface area contributed by atoms with E-state index in [0.717, 1.165) is 11.3 Å². The van der Waals surface area contributed by atoms with E-state index in [1.807, 2.05) is 6.92 Å². The van der Waals surface area contributed by atoms with E-state index in [0.29, 0.717) is 11.6 Å². The van der Waals surface area contributed by atoms with E-state index in [9.17, 15) is 0 Å². The number of nitrogen functional groups attached to an aromatic ring is 1. The highest BCUT2D eigenvalue weighted by molar-refractivity contribution is 5.49. The zero-order valence-corrected chi connectivity index (χ0v) is 8.08. The Morgan fingerprint density at radius 2 is 2.43 bits per heavy atom. The molecule has 1 aromatic heterocycles. The van der Waals surface area contributed by atoms with E-state index in [1.165, 1.54) is 6.08 Å². The molecule has 4 heteroatoms. The maximum Gasteiger partial charge on any atom is 0.219 e. The number of allylic oxidation sites excluding steroid dienone is 1. The monoisotopic (exact) mass is 191 g/mol. The Morgan fingerprint density at radius 1 is 1.71 bits per heavy atom. The second kappa shape index (κ2) is 4.43. The zero-order chi connectivity index (χ0) is 10.6. The van der Waals surface area contributed by atoms with Gasteiger partial charge in [-0.05, 0) is 18.6 Å². The summed E-state index contributed by atoms with van der Waals surface area (Å²) in [5.41, 5.74) is 4.25. The van der Waals surface area contributed by atoms with Gasteiger partial charge in [-0.1, -0.05) is 13.2 Å². The van der Waals surface area contributed by atoms with Gasteiger partial charge in [0.15, 0.2) is 0 Å². The van der Waals surface area contributed by atoms with Gasteiger partial charge in [0, 0.05) is 6.07 Å². The molecule has 0 atom stereocenters. The number of ether oxygens (including phenoxy) is 1. The van der Waals surface area contributed by atoms with Crippen LogP contribution >= 0.6 is 0 Å². The normalized spacial score (nSPS) is 9.29. The third kappa shape index (κ3) is 2.34. The summed E-state index contributed by atoms with van der Waals surface area (Å²) in [7, 11) is 0. The summed E-state index contributed by atoms with van der Waals surface area (Å²) in [5.74, 6) is 6.21. The molecule has 0 aromatic carbocycles. The molecule has 4 nitrogen and oxygen atoms in total. The summed E-state index contributed by atoms with van der Waals surface area (Å²) in [5, 5.41) is 0. The number of hydrogen-bond donors (Lipinski definition) is 2. The third-order valence-corrected chi connectivity index (χ3v) is 1.70. The predicted octanol–water partition coefficient (Wildman–Crippen LogP) is 1.75. The Bertz CT molecular complexity index is 360. The van der Waals surface area contributed by atoms with Gasteiger partial charge in [-0.25, -0.2) is 4.98 Å². The molecule has 0 aliphatic carbocycles. The molecule has 0 unspecified atom stereocenters. The summed E-state index contributed by atoms with van der Waals surface area (Å²) >= 11 is 0. The molecule has 0 amide bonds. The molecular formula is C10H13N3O. The molecule has 1 aromatic rings. The third-order valence-electron chi connectivity index (χ3n) is 1.70. The molecule has 0 spiro atoms. The largest absolute Gasteiger partial charge is 0.440 e. The van der Waals surface area contributed by atoms with Gasteiger partial charge in [-0.3, -0.25) is 5.84 Å². The Kier molecular flexibility index (Phi) is 3.25. The lowest BCUT2D eigenvalue weighted by Gasteiger charge is -2.07. The first kappa shape index (κ1) is 10.3. The number of nitrogens with zero attached hydrogens (tertiary/aromatic N) is 1. The van der Waals surface area contributed by atoms with Gasteiger partial charge in [0.1, 0.15) is 5.76 Å². The summed E-state index contributed by atoms with van der Waals surface area (Å²) in [6, 6.07) is 1.77. The van der Waals surface area contributed by atoms with E-state index >= 15 is 0 Å². The van der Waals surface area contributed by atoms with E-state index in [4.69, 9.17) is 10.6 Å². The van der Waals surface area contributed by atoms with Crippen LogP contribution in [0.5, 0.6) is 5.88 Å². The molecule has 0 aliphatic heterocycles. The molecule has 0 fully saturated rings. The molecular weight excluding hydrogens is 178 g/mol. The van der Waals surface area contributed by atoms with Crippen molar-refractivity contribution in [3.05, 3.63) is 42.8 Å². The van der Waals surface area contributed by atoms with Gasteiger partial charge < -0.3 is 10.2 Å². The molecule has 0 saturated carbocycles. The Hall–Kier alpha value is -1.81. The Labute approximate surface area is 83.1 Å². The Balaban J connectivity index is 2.86. The molecule has 1 heterocycles. The number of hydrazine groups is 1. The smallest absolute Gasteiger partial charge is 0.219 e. The van der Waals surface area contributed by atoms with Crippen molar-refractivity contribution in [2.24, 2.45) is 5.84 Å². The van der Waals surface area contributed by atoms with Gasteiger partial charge >= 0.3 is 0 Å². The molecule has 0 aliphatic rings. The maximum atomic E-state index is 5.26. The first-order valence-electron chi connectivity index (χ1n) is 4.10. The van der Waals surface area contributed by atoms with Crippen LogP contribution in [0.25, 0.3) is 0 Å². The van der Waals surface area contributed by atoms with Crippen LogP contribution in [0, 0.1) is 6.92 Å². The lowest BCUT2D eigenvalue weighted by atomic mass is 10.2. The number of anilines is 1. The topological polar surface area (TPSA) is 60.2 Å². The highest BCUT2D eigenvalue weighted by Crippen LogP contribution is 2.18. The number of pyridine rings is 1. The minimum Gasteiger partial charge on any atom is -0.440 e. The lowest BCUT2D eigenvalue weighted by molar-refractivity contribution is 0.429. The number of aryl methyl sites for hydroxylation is 1. The molecule has 0 radical (unpaired) electrons. The van der Waals surface area contributed by atoms with Crippen molar-refractivity contribution in [3.8, 4) is 5.88 Å². The van der Waals surface area contributed by atoms with Gasteiger partial charge in [0.2, 0.25) is 5.88 Å². The first-order chi connectivity index (χ1) is 6.67. The van der Waals surface area contributed by atoms with Crippen molar-refractivity contribution < 1.29 is 4.74 Å². The van der Waals surface area contributed by atoms with Crippen LogP contribution in [0.3, 0.4) is 0 Å². The minimum atomic E-state index is 0.463. The van der Waals surface area contributed by atoms with Crippen molar-refractivity contribution in [1.29, 1.82) is 0 Å². The number of rotatable bonds is 4. The summed E-state index contributed by atoms with van der Waals surface area (Å²) < 4.78 is 5.25. The van der Waals surface area contributed by atoms with Crippen LogP contribution in [0.4, 0.5) is 5.69 Å². The fraction of sp³-hybridized carbons (Fsp3) is 0.100. The molecule has 1 rings (SSSR count). The number of nitrogens with two attached hydrogens (primary N) is 1. The van der Waals surface area contributed by atoms with Crippen molar-refractivity contribution in [2.45, 2.75) is 6.92 Å². The summed E-state index contributed by atoms with van der Waals surface area (Å²) in [6.07, 6.45) is 3.12. The molecule has 0 bridgehead atoms. The van der Waals surface area contributed by atoms with Crippen LogP contribution < -0.4 is 16.0 Å². The van der Waals surface area contributed by atoms with Gasteiger partial charge in [-0.2, -0.15) is 0 Å². The van der Waals surface area contributed by atoms with Gasteiger partial charge in [0.25, 0.3) is 0 Å². The molecule has 74 valence electrons. The summed E-state index contributed by atoms with van der Waals surface area (Å²) in [6.45, 7) is 9.05. The highest BCUT2D eigenvalue weighted by atomic mass is 16.5. The molecule has 3 N–H and O–H groups in total. The second-order valence-corrected chi connectivity index (χ2v) is 2.75. The van der Waals surface area contributed by atoms with Crippen LogP contribution in [0.15, 0.2) is 37.3 Å². The SMILES string of the molecule is C=CC(=C)Oc1cc(C)c(NN)cn1. The van der Waals surface area contributed by atoms with E-state index in [1.54, 1.807) is 12.3 Å². The van der Waals surface area contributed by atoms with Gasteiger partial charge in [0.05, 0.1) is 11.9 Å². The average molecular weight is 191 g/mol. The standard InChI is InChI=1S/C10H13N3O/c1-4-8(3)14-10-5-7(2)9(13-11)6-12-10/h4-6,13H,1,3,11H2,2H3. The average Bonchev–Trinajstić information content (AvgIpc) is 2.18. The predicted molar refractivity (Wildman–Crippen MR) is 56.7 cm³/mol. The number of nitrogens with one attached hydrogen (secondary N) is 1. The zero-order valence-electron chi connectivity index (χ0n) is 8.08. The van der Waals surface area contributed by atoms with Crippen molar-refractivity contribution in [2.75, 3.05) is 5.43 Å². The van der Waals surface area contributed by atoms with Crippen LogP contribution in [0.1, 0.15) is 5.56 Å². The van der Waals surface area contributed by atoms with E-state index < -0.39 is 0 Å². The second-order valence-electron chi connectivity index (χ2n) is 2.75. The maximum absolute atomic E-state index is 5.26. The fourth-order valence-electron chi connectivity index (χ4n) is 0.913. The number of aromatic nitrogens is 1. The van der Waals surface area contributed by atoms with Crippen molar-refractivity contribution in [1.82, 2.24) is 4.98 Å². The van der Waals surface area contributed by atoms with Gasteiger partial charge in [-0.15, -0.1) is 0 Å². The quantitative estimate of drug-likeness (QED) is 0.329. The van der Waals surface area contributed by atoms with Crippen molar-refractivity contribution in [3.63, 3.8) is 0 Å². The fourth-order valence-corrected chi connectivity index (χ4v) is 0.913. The van der Waals surface area contributed by atoms with Crippen LogP contribution in [-0.4, -0.2) is 4.98 Å². The lowest BCUT2D eigenvalue weighted by Crippen LogP contribution is -2.08. The van der Waals surface area contributed by atoms with Crippen LogP contribution in [-0.2, 0) is 0 Å². The Morgan fingerprint density at radius 3 is 2.93 bits per heavy atom. The molecule has 14 heavy (non-hydrogen) atoms. The van der Waals surface area contributed by atoms with Crippen LogP contribution in [0.2, 0.25) is 0 Å². The van der Waals surface area contributed by atoms with E-state index in [2.05, 4.69) is 23.6 Å². The van der Waals surface area contributed by atoms with Crippen molar-refractivity contribution >= 4 is 5.69 Å². The highest BCUT2D eigenvalue weighted by Gasteiger charge is 2.01. The summed E-state index contributed by atoms with van der Waals surface area (Å²) in [4.78, 5) is 4.02. The van der Waals surface area contributed by atoms with E-state index in [-0.39, 0.29) is 0 Å². The first-order valence-corrected chi connectivity index (χ1v) is 4.10. The molecule has 0 saturated heterocycles. The minimum absolute atomic E-state index is 0.463.